The standard InChI is InChI=1S/C23H22N2O3S/c1-15-6-4-7-16(2)21(15)25-23(27)20(14-19-8-5-13-29-19)24-22(26)17-9-11-18(28-3)12-10-17/h4-14H,1-3H3,(H,24,26)(H,25,27)/b20-14-. The highest BCUT2D eigenvalue weighted by Crippen LogP contribution is 2.21. The van der Waals surface area contributed by atoms with Crippen molar-refractivity contribution >= 4 is 34.9 Å². The highest BCUT2D eigenvalue weighted by molar-refractivity contribution is 7.10. The summed E-state index contributed by atoms with van der Waals surface area (Å²) in [5, 5.41) is 7.59. The molecule has 2 aromatic carbocycles. The van der Waals surface area contributed by atoms with E-state index in [9.17, 15) is 9.59 Å². The van der Waals surface area contributed by atoms with Crippen LogP contribution in [-0.4, -0.2) is 18.9 Å². The first kappa shape index (κ1) is 20.4. The Labute approximate surface area is 174 Å². The summed E-state index contributed by atoms with van der Waals surface area (Å²) >= 11 is 1.48. The van der Waals surface area contributed by atoms with Crippen LogP contribution in [0.3, 0.4) is 0 Å². The molecule has 1 heterocycles. The van der Waals surface area contributed by atoms with E-state index >= 15 is 0 Å². The van der Waals surface area contributed by atoms with E-state index < -0.39 is 0 Å². The number of hydrogen-bond donors (Lipinski definition) is 2. The fourth-order valence-electron chi connectivity index (χ4n) is 2.80. The molecule has 3 aromatic rings. The molecule has 148 valence electrons. The summed E-state index contributed by atoms with van der Waals surface area (Å²) < 4.78 is 5.12. The lowest BCUT2D eigenvalue weighted by atomic mass is 10.1. The van der Waals surface area contributed by atoms with Crippen LogP contribution in [0.2, 0.25) is 0 Å². The van der Waals surface area contributed by atoms with E-state index in [1.165, 1.54) is 11.3 Å². The highest BCUT2D eigenvalue weighted by atomic mass is 32.1. The molecule has 0 bridgehead atoms. The second kappa shape index (κ2) is 9.21. The Hall–Kier alpha value is -3.38. The molecular weight excluding hydrogens is 384 g/mol. The molecule has 2 amide bonds. The van der Waals surface area contributed by atoms with Gasteiger partial charge in [0.25, 0.3) is 11.8 Å². The van der Waals surface area contributed by atoms with Crippen LogP contribution >= 0.6 is 11.3 Å². The van der Waals surface area contributed by atoms with Crippen molar-refractivity contribution in [2.45, 2.75) is 13.8 Å². The summed E-state index contributed by atoms with van der Waals surface area (Å²) in [5.74, 6) is -0.0894. The lowest BCUT2D eigenvalue weighted by Crippen LogP contribution is -2.31. The summed E-state index contributed by atoms with van der Waals surface area (Å²) in [7, 11) is 1.56. The molecule has 2 N–H and O–H groups in total. The fourth-order valence-corrected chi connectivity index (χ4v) is 3.46. The van der Waals surface area contributed by atoms with Crippen molar-refractivity contribution in [3.05, 3.63) is 87.2 Å². The minimum absolute atomic E-state index is 0.177. The lowest BCUT2D eigenvalue weighted by molar-refractivity contribution is -0.113. The maximum absolute atomic E-state index is 13.0. The Balaban J connectivity index is 1.86. The van der Waals surface area contributed by atoms with E-state index in [-0.39, 0.29) is 17.5 Å². The lowest BCUT2D eigenvalue weighted by Gasteiger charge is -2.14. The molecule has 0 saturated carbocycles. The second-order valence-corrected chi connectivity index (χ2v) is 7.46. The summed E-state index contributed by atoms with van der Waals surface area (Å²) in [4.78, 5) is 26.6. The zero-order chi connectivity index (χ0) is 20.8. The molecule has 3 rings (SSSR count). The van der Waals surface area contributed by atoms with Crippen LogP contribution in [-0.2, 0) is 4.79 Å². The number of ether oxygens (including phenoxy) is 1. The van der Waals surface area contributed by atoms with Crippen molar-refractivity contribution in [1.29, 1.82) is 0 Å². The van der Waals surface area contributed by atoms with Gasteiger partial charge < -0.3 is 15.4 Å². The van der Waals surface area contributed by atoms with E-state index in [1.807, 2.05) is 49.6 Å². The minimum atomic E-state index is -0.377. The number of nitrogens with one attached hydrogen (secondary N) is 2. The molecule has 6 heteroatoms. The topological polar surface area (TPSA) is 67.4 Å². The molecule has 29 heavy (non-hydrogen) atoms. The number of hydrogen-bond acceptors (Lipinski definition) is 4. The molecular formula is C23H22N2O3S. The number of para-hydroxylation sites is 1. The van der Waals surface area contributed by atoms with Gasteiger partial charge in [0.05, 0.1) is 7.11 Å². The largest absolute Gasteiger partial charge is 0.497 e. The van der Waals surface area contributed by atoms with Gasteiger partial charge in [0.1, 0.15) is 11.4 Å². The third-order valence-corrected chi connectivity index (χ3v) is 5.21. The van der Waals surface area contributed by atoms with Gasteiger partial charge in [0.15, 0.2) is 0 Å². The number of rotatable bonds is 6. The summed E-state index contributed by atoms with van der Waals surface area (Å²) in [6.07, 6.45) is 1.68. The number of amides is 2. The average Bonchev–Trinajstić information content (AvgIpc) is 3.23. The number of carbonyl (C=O) groups is 2. The van der Waals surface area contributed by atoms with Gasteiger partial charge >= 0.3 is 0 Å². The molecule has 5 nitrogen and oxygen atoms in total. The SMILES string of the molecule is COc1ccc(C(=O)N/C(=C\c2cccs2)C(=O)Nc2c(C)cccc2C)cc1. The van der Waals surface area contributed by atoms with Gasteiger partial charge in [-0.15, -0.1) is 11.3 Å². The van der Waals surface area contributed by atoms with Gasteiger partial charge in [-0.05, 0) is 66.8 Å². The van der Waals surface area contributed by atoms with Gasteiger partial charge in [-0.25, -0.2) is 0 Å². The predicted octanol–water partition coefficient (Wildman–Crippen LogP) is 4.78. The first-order valence-corrected chi connectivity index (χ1v) is 9.94. The Morgan fingerprint density at radius 3 is 2.24 bits per heavy atom. The summed E-state index contributed by atoms with van der Waals surface area (Å²) in [5.41, 5.74) is 3.26. The van der Waals surface area contributed by atoms with Crippen molar-refractivity contribution in [3.8, 4) is 5.75 Å². The third-order valence-electron chi connectivity index (χ3n) is 4.39. The van der Waals surface area contributed by atoms with Crippen molar-refractivity contribution in [2.24, 2.45) is 0 Å². The minimum Gasteiger partial charge on any atom is -0.497 e. The van der Waals surface area contributed by atoms with Crippen molar-refractivity contribution in [2.75, 3.05) is 12.4 Å². The first-order chi connectivity index (χ1) is 14.0. The number of thiophene rings is 1. The molecule has 0 atom stereocenters. The van der Waals surface area contributed by atoms with E-state index in [0.29, 0.717) is 11.3 Å². The van der Waals surface area contributed by atoms with Gasteiger partial charge in [-0.2, -0.15) is 0 Å². The van der Waals surface area contributed by atoms with Crippen LogP contribution in [0.4, 0.5) is 5.69 Å². The van der Waals surface area contributed by atoms with Crippen LogP contribution in [0.5, 0.6) is 5.75 Å². The molecule has 0 aliphatic heterocycles. The van der Waals surface area contributed by atoms with Crippen LogP contribution in [0, 0.1) is 13.8 Å². The summed E-state index contributed by atoms with van der Waals surface area (Å²) in [6, 6.07) is 16.3. The molecule has 0 radical (unpaired) electrons. The molecule has 0 aliphatic rings. The number of aryl methyl sites for hydroxylation is 2. The van der Waals surface area contributed by atoms with E-state index in [2.05, 4.69) is 10.6 Å². The zero-order valence-electron chi connectivity index (χ0n) is 16.5. The fraction of sp³-hybridized carbons (Fsp3) is 0.130. The van der Waals surface area contributed by atoms with Gasteiger partial charge in [0, 0.05) is 16.1 Å². The maximum Gasteiger partial charge on any atom is 0.272 e. The van der Waals surface area contributed by atoms with Crippen LogP contribution in [0.15, 0.2) is 65.7 Å². The number of carbonyl (C=O) groups excluding carboxylic acids is 2. The van der Waals surface area contributed by atoms with Crippen LogP contribution in [0.1, 0.15) is 26.4 Å². The molecule has 0 fully saturated rings. The quantitative estimate of drug-likeness (QED) is 0.579. The number of anilines is 1. The van der Waals surface area contributed by atoms with Gasteiger partial charge in [0.2, 0.25) is 0 Å². The Kier molecular flexibility index (Phi) is 6.46. The summed E-state index contributed by atoms with van der Waals surface area (Å²) in [6.45, 7) is 3.86. The maximum atomic E-state index is 13.0. The van der Waals surface area contributed by atoms with Crippen molar-refractivity contribution in [1.82, 2.24) is 5.32 Å². The first-order valence-electron chi connectivity index (χ1n) is 9.06. The third kappa shape index (κ3) is 5.12. The Morgan fingerprint density at radius 1 is 0.966 bits per heavy atom. The molecule has 1 aromatic heterocycles. The number of benzene rings is 2. The van der Waals surface area contributed by atoms with Crippen molar-refractivity contribution < 1.29 is 14.3 Å². The highest BCUT2D eigenvalue weighted by Gasteiger charge is 2.17. The molecule has 0 aliphatic carbocycles. The average molecular weight is 407 g/mol. The molecule has 0 unspecified atom stereocenters. The number of methoxy groups -OCH3 is 1. The van der Waals surface area contributed by atoms with E-state index in [1.54, 1.807) is 37.5 Å². The molecule has 0 spiro atoms. The van der Waals surface area contributed by atoms with Crippen LogP contribution in [0.25, 0.3) is 6.08 Å². The van der Waals surface area contributed by atoms with Crippen molar-refractivity contribution in [3.63, 3.8) is 0 Å². The van der Waals surface area contributed by atoms with E-state index in [4.69, 9.17) is 4.74 Å². The van der Waals surface area contributed by atoms with E-state index in [0.717, 1.165) is 21.7 Å². The molecule has 0 saturated heterocycles. The monoisotopic (exact) mass is 406 g/mol. The smallest absolute Gasteiger partial charge is 0.272 e. The Morgan fingerprint density at radius 2 is 1.66 bits per heavy atom. The predicted molar refractivity (Wildman–Crippen MR) is 117 cm³/mol. The zero-order valence-corrected chi connectivity index (χ0v) is 17.3. The van der Waals surface area contributed by atoms with Crippen LogP contribution < -0.4 is 15.4 Å². The van der Waals surface area contributed by atoms with Gasteiger partial charge in [-0.3, -0.25) is 9.59 Å². The van der Waals surface area contributed by atoms with Gasteiger partial charge in [-0.1, -0.05) is 24.3 Å². The Bertz CT molecular complexity index is 1020. The normalized spacial score (nSPS) is 11.1. The second-order valence-electron chi connectivity index (χ2n) is 6.48.